The Bertz CT molecular complexity index is 205. The summed E-state index contributed by atoms with van der Waals surface area (Å²) in [4.78, 5) is 0. The Morgan fingerprint density at radius 1 is 1.33 bits per heavy atom. The highest BCUT2D eigenvalue weighted by Crippen LogP contribution is 2.04. The quantitative estimate of drug-likeness (QED) is 0.554. The predicted octanol–water partition coefficient (Wildman–Crippen LogP) is 1.90. The van der Waals surface area contributed by atoms with Crippen molar-refractivity contribution in [1.82, 2.24) is 4.68 Å². The second-order valence-electron chi connectivity index (χ2n) is 2.03. The van der Waals surface area contributed by atoms with Crippen molar-refractivity contribution in [2.75, 3.05) is 0 Å². The fourth-order valence-corrected chi connectivity index (χ4v) is 0.818. The van der Waals surface area contributed by atoms with Gasteiger partial charge in [-0.3, -0.25) is 0 Å². The van der Waals surface area contributed by atoms with Crippen LogP contribution in [0.3, 0.4) is 0 Å². The van der Waals surface area contributed by atoms with Crippen molar-refractivity contribution in [3.05, 3.63) is 23.5 Å². The molecule has 1 heterocycles. The normalized spacial score (nSPS) is 9.56. The average molecular weight is 123 g/mol. The molecule has 0 saturated heterocycles. The van der Waals surface area contributed by atoms with Gasteiger partial charge in [0, 0.05) is 11.4 Å². The summed E-state index contributed by atoms with van der Waals surface area (Å²) in [5.41, 5.74) is 8.73. The van der Waals surface area contributed by atoms with Crippen LogP contribution in [0.1, 0.15) is 11.4 Å². The van der Waals surface area contributed by atoms with Crippen LogP contribution in [0.15, 0.2) is 17.4 Å². The number of rotatable bonds is 1. The van der Waals surface area contributed by atoms with E-state index in [2.05, 4.69) is 5.22 Å². The molecule has 0 atom stereocenters. The van der Waals surface area contributed by atoms with Crippen LogP contribution < -0.4 is 0 Å². The van der Waals surface area contributed by atoms with Crippen molar-refractivity contribution in [2.24, 2.45) is 5.22 Å². The first-order chi connectivity index (χ1) is 4.25. The van der Waals surface area contributed by atoms with Gasteiger partial charge in [0.05, 0.1) is 0 Å². The second-order valence-corrected chi connectivity index (χ2v) is 2.03. The second kappa shape index (κ2) is 2.01. The van der Waals surface area contributed by atoms with E-state index in [0.29, 0.717) is 0 Å². The lowest BCUT2D eigenvalue weighted by atomic mass is 10.5. The Balaban J connectivity index is 3.22. The predicted molar refractivity (Wildman–Crippen MR) is 34.5 cm³/mol. The summed E-state index contributed by atoms with van der Waals surface area (Å²) in [6.07, 6.45) is 0. The van der Waals surface area contributed by atoms with Crippen molar-refractivity contribution < 1.29 is 0 Å². The molecule has 48 valence electrons. The van der Waals surface area contributed by atoms with Gasteiger partial charge in [-0.15, -0.1) is 0 Å². The van der Waals surface area contributed by atoms with Crippen molar-refractivity contribution in [3.63, 3.8) is 0 Å². The zero-order valence-electron chi connectivity index (χ0n) is 5.55. The van der Waals surface area contributed by atoms with Crippen LogP contribution in [0.5, 0.6) is 0 Å². The number of hydrogen-bond donors (Lipinski definition) is 1. The average Bonchev–Trinajstić information content (AvgIpc) is 2.12. The zero-order chi connectivity index (χ0) is 6.85. The molecule has 1 aromatic heterocycles. The molecule has 0 aliphatic carbocycles. The molecule has 9 heavy (non-hydrogen) atoms. The van der Waals surface area contributed by atoms with Crippen LogP contribution >= 0.6 is 0 Å². The highest BCUT2D eigenvalue weighted by molar-refractivity contribution is 5.12. The molecule has 0 saturated carbocycles. The molecule has 3 heteroatoms. The molecule has 0 aliphatic rings. The molecule has 1 N–H and O–H groups in total. The minimum atomic E-state index is 1.00. The first-order valence-electron chi connectivity index (χ1n) is 2.78. The number of hydrogen-bond acceptors (Lipinski definition) is 2. The minimum absolute atomic E-state index is 1.00. The Labute approximate surface area is 53.8 Å². The first kappa shape index (κ1) is 6.01. The number of nitrogens with one attached hydrogen (secondary N) is 1. The first-order valence-corrected chi connectivity index (χ1v) is 2.78. The van der Waals surface area contributed by atoms with E-state index in [1.54, 1.807) is 4.68 Å². The summed E-state index contributed by atoms with van der Waals surface area (Å²) in [5, 5.41) is 3.30. The van der Waals surface area contributed by atoms with Crippen molar-refractivity contribution >= 4 is 0 Å². The van der Waals surface area contributed by atoms with Gasteiger partial charge in [-0.1, -0.05) is 5.22 Å². The van der Waals surface area contributed by atoms with E-state index in [-0.39, 0.29) is 0 Å². The maximum absolute atomic E-state index is 6.73. The lowest BCUT2D eigenvalue weighted by Gasteiger charge is -1.94. The van der Waals surface area contributed by atoms with Crippen LogP contribution in [0, 0.1) is 19.4 Å². The van der Waals surface area contributed by atoms with Gasteiger partial charge < -0.3 is 0 Å². The van der Waals surface area contributed by atoms with Crippen LogP contribution in [0.25, 0.3) is 0 Å². The van der Waals surface area contributed by atoms with Gasteiger partial charge in [-0.2, -0.15) is 5.53 Å². The summed E-state index contributed by atoms with van der Waals surface area (Å²) < 4.78 is 1.58. The SMILES string of the molecule is Cc1ccc(C)n1N=N. The molecular weight excluding hydrogens is 114 g/mol. The Hall–Kier alpha value is -1.12. The molecule has 0 unspecified atom stereocenters. The fourth-order valence-electron chi connectivity index (χ4n) is 0.818. The van der Waals surface area contributed by atoms with Crippen LogP contribution in [0.4, 0.5) is 0 Å². The van der Waals surface area contributed by atoms with E-state index in [1.807, 2.05) is 26.0 Å². The molecule has 0 bridgehead atoms. The van der Waals surface area contributed by atoms with Gasteiger partial charge in [-0.25, -0.2) is 4.68 Å². The number of nitrogens with zero attached hydrogens (tertiary/aromatic N) is 2. The smallest absolute Gasteiger partial charge is 0.0409 e. The summed E-state index contributed by atoms with van der Waals surface area (Å²) in [6, 6.07) is 3.88. The largest absolute Gasteiger partial charge is 0.224 e. The summed E-state index contributed by atoms with van der Waals surface area (Å²) >= 11 is 0. The van der Waals surface area contributed by atoms with Crippen LogP contribution in [-0.4, -0.2) is 4.68 Å². The van der Waals surface area contributed by atoms with Gasteiger partial charge in [-0.05, 0) is 26.0 Å². The molecular formula is C6H9N3. The molecule has 0 spiro atoms. The van der Waals surface area contributed by atoms with E-state index in [4.69, 9.17) is 5.53 Å². The van der Waals surface area contributed by atoms with Gasteiger partial charge >= 0.3 is 0 Å². The summed E-state index contributed by atoms with van der Waals surface area (Å²) in [7, 11) is 0. The van der Waals surface area contributed by atoms with Crippen LogP contribution in [0.2, 0.25) is 0 Å². The van der Waals surface area contributed by atoms with E-state index in [9.17, 15) is 0 Å². The lowest BCUT2D eigenvalue weighted by molar-refractivity contribution is 0.724. The van der Waals surface area contributed by atoms with Crippen LogP contribution in [-0.2, 0) is 0 Å². The minimum Gasteiger partial charge on any atom is -0.224 e. The van der Waals surface area contributed by atoms with Gasteiger partial charge in [0.25, 0.3) is 0 Å². The molecule has 1 aromatic rings. The van der Waals surface area contributed by atoms with E-state index < -0.39 is 0 Å². The molecule has 0 radical (unpaired) electrons. The van der Waals surface area contributed by atoms with Crippen molar-refractivity contribution in [1.29, 1.82) is 5.53 Å². The molecule has 0 aromatic carbocycles. The van der Waals surface area contributed by atoms with Crippen molar-refractivity contribution in [3.8, 4) is 0 Å². The van der Waals surface area contributed by atoms with E-state index in [0.717, 1.165) is 11.4 Å². The molecule has 0 aliphatic heterocycles. The van der Waals surface area contributed by atoms with Gasteiger partial charge in [0.1, 0.15) is 0 Å². The van der Waals surface area contributed by atoms with Crippen molar-refractivity contribution in [2.45, 2.75) is 13.8 Å². The number of aryl methyl sites for hydroxylation is 2. The molecule has 1 rings (SSSR count). The highest BCUT2D eigenvalue weighted by atomic mass is 15.4. The maximum atomic E-state index is 6.73. The molecule has 3 nitrogen and oxygen atoms in total. The summed E-state index contributed by atoms with van der Waals surface area (Å²) in [5.74, 6) is 0. The zero-order valence-corrected chi connectivity index (χ0v) is 5.55. The standard InChI is InChI=1S/C6H9N3/c1-5-3-4-6(2)9(5)8-7/h3-4,7H,1-2H3. The van der Waals surface area contributed by atoms with E-state index >= 15 is 0 Å². The van der Waals surface area contributed by atoms with Gasteiger partial charge in [0.15, 0.2) is 0 Å². The third kappa shape index (κ3) is 0.850. The number of aromatic nitrogens is 1. The lowest BCUT2D eigenvalue weighted by Crippen LogP contribution is -1.90. The molecule has 0 amide bonds. The Kier molecular flexibility index (Phi) is 1.34. The monoisotopic (exact) mass is 123 g/mol. The maximum Gasteiger partial charge on any atom is 0.0409 e. The summed E-state index contributed by atoms with van der Waals surface area (Å²) in [6.45, 7) is 3.84. The fraction of sp³-hybridized carbons (Fsp3) is 0.333. The highest BCUT2D eigenvalue weighted by Gasteiger charge is 1.95. The van der Waals surface area contributed by atoms with Gasteiger partial charge in [0.2, 0.25) is 0 Å². The Morgan fingerprint density at radius 2 is 1.78 bits per heavy atom. The molecule has 0 fully saturated rings. The van der Waals surface area contributed by atoms with E-state index in [1.165, 1.54) is 0 Å². The Morgan fingerprint density at radius 3 is 2.00 bits per heavy atom. The topological polar surface area (TPSA) is 41.1 Å². The third-order valence-electron chi connectivity index (χ3n) is 1.33. The third-order valence-corrected chi connectivity index (χ3v) is 1.33.